The number of carbonyl (C=O) groups is 1. The van der Waals surface area contributed by atoms with Gasteiger partial charge in [-0.3, -0.25) is 9.69 Å². The molecule has 0 radical (unpaired) electrons. The molecule has 0 aliphatic carbocycles. The van der Waals surface area contributed by atoms with E-state index >= 15 is 0 Å². The largest absolute Gasteiger partial charge is 0.481 e. The molecule has 3 aliphatic heterocycles. The van der Waals surface area contributed by atoms with Crippen molar-refractivity contribution in [2.24, 2.45) is 5.41 Å². The van der Waals surface area contributed by atoms with E-state index in [1.54, 1.807) is 0 Å². The van der Waals surface area contributed by atoms with Gasteiger partial charge in [0.15, 0.2) is 0 Å². The van der Waals surface area contributed by atoms with Crippen LogP contribution in [0.15, 0.2) is 0 Å². The molecule has 15 heavy (non-hydrogen) atoms. The fourth-order valence-corrected chi connectivity index (χ4v) is 3.78. The van der Waals surface area contributed by atoms with E-state index in [1.807, 2.05) is 0 Å². The van der Waals surface area contributed by atoms with E-state index in [0.717, 1.165) is 25.9 Å². The van der Waals surface area contributed by atoms with Gasteiger partial charge in [-0.05, 0) is 45.3 Å². The Kier molecular flexibility index (Phi) is 2.04. The lowest BCUT2D eigenvalue weighted by molar-refractivity contribution is -0.153. The van der Waals surface area contributed by atoms with Gasteiger partial charge < -0.3 is 10.4 Å². The number of aliphatic carboxylic acids is 1. The number of rotatable bonds is 1. The van der Waals surface area contributed by atoms with Crippen LogP contribution in [0.5, 0.6) is 0 Å². The fourth-order valence-electron chi connectivity index (χ4n) is 3.78. The highest BCUT2D eigenvalue weighted by atomic mass is 16.4. The number of carboxylic acid groups (broad SMARTS) is 1. The van der Waals surface area contributed by atoms with E-state index in [2.05, 4.69) is 10.2 Å². The van der Waals surface area contributed by atoms with Crippen LogP contribution in [-0.4, -0.2) is 47.7 Å². The summed E-state index contributed by atoms with van der Waals surface area (Å²) in [5.41, 5.74) is -0.453. The zero-order valence-electron chi connectivity index (χ0n) is 8.91. The van der Waals surface area contributed by atoms with Crippen LogP contribution in [0.25, 0.3) is 0 Å². The van der Waals surface area contributed by atoms with E-state index in [9.17, 15) is 9.90 Å². The van der Waals surface area contributed by atoms with Crippen LogP contribution in [0.3, 0.4) is 0 Å². The molecule has 0 saturated carbocycles. The van der Waals surface area contributed by atoms with Gasteiger partial charge in [-0.2, -0.15) is 0 Å². The lowest BCUT2D eigenvalue weighted by atomic mass is 9.71. The van der Waals surface area contributed by atoms with Crippen molar-refractivity contribution < 1.29 is 9.90 Å². The van der Waals surface area contributed by atoms with Crippen molar-refractivity contribution in [2.75, 3.05) is 19.6 Å². The van der Waals surface area contributed by atoms with Crippen LogP contribution in [0.4, 0.5) is 0 Å². The Morgan fingerprint density at radius 2 is 2.27 bits per heavy atom. The first-order chi connectivity index (χ1) is 7.24. The molecule has 0 aromatic carbocycles. The normalized spacial score (nSPS) is 45.1. The number of hydrogen-bond donors (Lipinski definition) is 2. The van der Waals surface area contributed by atoms with Crippen LogP contribution in [0, 0.1) is 5.41 Å². The third-order valence-corrected chi connectivity index (χ3v) is 4.60. The van der Waals surface area contributed by atoms with Gasteiger partial charge in [-0.1, -0.05) is 0 Å². The maximum absolute atomic E-state index is 11.5. The molecule has 3 heterocycles. The Balaban J connectivity index is 1.92. The molecule has 0 amide bonds. The number of nitrogens with one attached hydrogen (secondary N) is 1. The molecular weight excluding hydrogens is 192 g/mol. The Hall–Kier alpha value is -0.610. The lowest BCUT2D eigenvalue weighted by Gasteiger charge is -2.44. The summed E-state index contributed by atoms with van der Waals surface area (Å²) in [5.74, 6) is -0.580. The average molecular weight is 210 g/mol. The Labute approximate surface area is 89.6 Å². The van der Waals surface area contributed by atoms with Crippen LogP contribution in [-0.2, 0) is 4.79 Å². The second kappa shape index (κ2) is 3.19. The van der Waals surface area contributed by atoms with Gasteiger partial charge in [0.1, 0.15) is 0 Å². The minimum atomic E-state index is -0.580. The van der Waals surface area contributed by atoms with E-state index in [0.29, 0.717) is 6.04 Å². The lowest BCUT2D eigenvalue weighted by Crippen LogP contribution is -2.59. The summed E-state index contributed by atoms with van der Waals surface area (Å²) in [6, 6.07) is 0.684. The van der Waals surface area contributed by atoms with Crippen LogP contribution in [0.1, 0.15) is 25.7 Å². The van der Waals surface area contributed by atoms with Crippen LogP contribution in [0.2, 0.25) is 0 Å². The maximum atomic E-state index is 11.5. The summed E-state index contributed by atoms with van der Waals surface area (Å²) in [7, 11) is 0. The number of carboxylic acids is 1. The second-order valence-electron chi connectivity index (χ2n) is 5.14. The first kappa shape index (κ1) is 9.60. The molecule has 0 bridgehead atoms. The smallest absolute Gasteiger partial charge is 0.311 e. The molecule has 2 N–H and O–H groups in total. The topological polar surface area (TPSA) is 52.6 Å². The number of fused-ring (bicyclic) bond motifs is 3. The SMILES string of the molecule is O=C(O)C12CCNC1C1CCCN1CC2. The highest BCUT2D eigenvalue weighted by Gasteiger charge is 2.56. The number of nitrogens with zero attached hydrogens (tertiary/aromatic N) is 1. The van der Waals surface area contributed by atoms with E-state index in [-0.39, 0.29) is 6.04 Å². The molecule has 0 aromatic rings. The highest BCUT2D eigenvalue weighted by Crippen LogP contribution is 2.44. The molecule has 3 unspecified atom stereocenters. The maximum Gasteiger partial charge on any atom is 0.311 e. The average Bonchev–Trinajstić information content (AvgIpc) is 2.83. The summed E-state index contributed by atoms with van der Waals surface area (Å²) in [6.45, 7) is 3.02. The molecular formula is C11H18N2O2. The Bertz CT molecular complexity index is 294. The molecule has 3 saturated heterocycles. The summed E-state index contributed by atoms with van der Waals surface area (Å²) >= 11 is 0. The van der Waals surface area contributed by atoms with Crippen molar-refractivity contribution in [3.05, 3.63) is 0 Å². The van der Waals surface area contributed by atoms with Gasteiger partial charge in [0.05, 0.1) is 5.41 Å². The monoisotopic (exact) mass is 210 g/mol. The quantitative estimate of drug-likeness (QED) is 0.653. The molecule has 3 rings (SSSR count). The predicted molar refractivity (Wildman–Crippen MR) is 55.7 cm³/mol. The fraction of sp³-hybridized carbons (Fsp3) is 0.909. The van der Waals surface area contributed by atoms with E-state index < -0.39 is 11.4 Å². The van der Waals surface area contributed by atoms with Crippen LogP contribution < -0.4 is 5.32 Å². The van der Waals surface area contributed by atoms with Gasteiger partial charge in [0, 0.05) is 12.1 Å². The first-order valence-corrected chi connectivity index (χ1v) is 5.95. The number of hydrogen-bond acceptors (Lipinski definition) is 3. The molecule has 3 fully saturated rings. The van der Waals surface area contributed by atoms with Gasteiger partial charge in [0.25, 0.3) is 0 Å². The van der Waals surface area contributed by atoms with Gasteiger partial charge in [-0.25, -0.2) is 0 Å². The van der Waals surface area contributed by atoms with Gasteiger partial charge >= 0.3 is 5.97 Å². The van der Waals surface area contributed by atoms with Crippen molar-refractivity contribution in [1.29, 1.82) is 0 Å². The van der Waals surface area contributed by atoms with E-state index in [1.165, 1.54) is 19.4 Å². The zero-order chi connectivity index (χ0) is 10.5. The molecule has 84 valence electrons. The molecule has 0 spiro atoms. The summed E-state index contributed by atoms with van der Waals surface area (Å²) in [4.78, 5) is 14.0. The highest BCUT2D eigenvalue weighted by molar-refractivity contribution is 5.76. The predicted octanol–water partition coefficient (Wildman–Crippen LogP) is 0.287. The first-order valence-electron chi connectivity index (χ1n) is 5.95. The molecule has 3 aliphatic rings. The van der Waals surface area contributed by atoms with Crippen molar-refractivity contribution in [2.45, 2.75) is 37.8 Å². The third-order valence-electron chi connectivity index (χ3n) is 4.60. The van der Waals surface area contributed by atoms with Crippen molar-refractivity contribution >= 4 is 5.97 Å². The zero-order valence-corrected chi connectivity index (χ0v) is 8.91. The molecule has 0 aromatic heterocycles. The molecule has 4 heteroatoms. The van der Waals surface area contributed by atoms with Gasteiger partial charge in [-0.15, -0.1) is 0 Å². The minimum Gasteiger partial charge on any atom is -0.481 e. The summed E-state index contributed by atoms with van der Waals surface area (Å²) in [6.07, 6.45) is 4.05. The van der Waals surface area contributed by atoms with Gasteiger partial charge in [0.2, 0.25) is 0 Å². The molecule has 4 nitrogen and oxygen atoms in total. The number of piperidine rings is 1. The van der Waals surface area contributed by atoms with Crippen molar-refractivity contribution in [3.8, 4) is 0 Å². The van der Waals surface area contributed by atoms with Crippen molar-refractivity contribution in [3.63, 3.8) is 0 Å². The minimum absolute atomic E-state index is 0.200. The molecule has 3 atom stereocenters. The summed E-state index contributed by atoms with van der Waals surface area (Å²) < 4.78 is 0. The van der Waals surface area contributed by atoms with Crippen LogP contribution >= 0.6 is 0 Å². The Morgan fingerprint density at radius 3 is 3.07 bits per heavy atom. The second-order valence-corrected chi connectivity index (χ2v) is 5.14. The Morgan fingerprint density at radius 1 is 1.40 bits per heavy atom. The van der Waals surface area contributed by atoms with E-state index in [4.69, 9.17) is 0 Å². The third kappa shape index (κ3) is 1.18. The van der Waals surface area contributed by atoms with Crippen molar-refractivity contribution in [1.82, 2.24) is 10.2 Å². The standard InChI is InChI=1S/C11H18N2O2/c14-10(15)11-3-5-12-9(11)8-2-1-6-13(8)7-4-11/h8-9,12H,1-7H2,(H,14,15). The summed E-state index contributed by atoms with van der Waals surface area (Å²) in [5, 5.41) is 12.9.